The first-order valence-electron chi connectivity index (χ1n) is 6.18. The van der Waals surface area contributed by atoms with E-state index in [0.717, 1.165) is 22.5 Å². The Labute approximate surface area is 111 Å². The number of phenolic OH excluding ortho intramolecular Hbond substituents is 1. The number of rotatable bonds is 2. The van der Waals surface area contributed by atoms with E-state index in [1.165, 1.54) is 0 Å². The molecule has 0 spiro atoms. The number of benzene rings is 2. The van der Waals surface area contributed by atoms with Gasteiger partial charge < -0.3 is 5.11 Å². The van der Waals surface area contributed by atoms with Gasteiger partial charge in [-0.15, -0.1) is 4.68 Å². The predicted octanol–water partition coefficient (Wildman–Crippen LogP) is 2.88. The van der Waals surface area contributed by atoms with Gasteiger partial charge in [0, 0.05) is 17.2 Å². The Hall–Kier alpha value is -2.55. The normalized spacial score (nSPS) is 10.6. The maximum atomic E-state index is 9.91. The van der Waals surface area contributed by atoms with E-state index in [4.69, 9.17) is 0 Å². The Morgan fingerprint density at radius 1 is 0.947 bits per heavy atom. The van der Waals surface area contributed by atoms with Gasteiger partial charge in [0.2, 0.25) is 5.69 Å². The molecule has 1 aromatic heterocycles. The Bertz CT molecular complexity index is 702. The molecule has 0 bridgehead atoms. The molecule has 0 radical (unpaired) electrons. The molecule has 0 atom stereocenters. The van der Waals surface area contributed by atoms with Crippen molar-refractivity contribution in [1.29, 1.82) is 0 Å². The van der Waals surface area contributed by atoms with Gasteiger partial charge in [-0.1, -0.05) is 30.3 Å². The first-order chi connectivity index (χ1) is 9.25. The summed E-state index contributed by atoms with van der Waals surface area (Å²) in [6, 6.07) is 19.5. The minimum Gasteiger partial charge on any atom is -0.507 e. The minimum absolute atomic E-state index is 0.281. The number of phenols is 1. The van der Waals surface area contributed by atoms with Crippen LogP contribution in [0, 0.1) is 0 Å². The van der Waals surface area contributed by atoms with Crippen LogP contribution in [0.5, 0.6) is 5.75 Å². The number of hydrogen-bond donors (Lipinski definition) is 2. The van der Waals surface area contributed by atoms with E-state index < -0.39 is 0 Å². The summed E-state index contributed by atoms with van der Waals surface area (Å²) in [6.45, 7) is 0. The molecule has 3 nitrogen and oxygen atoms in total. The number of aryl methyl sites for hydroxylation is 1. The second-order valence-corrected chi connectivity index (χ2v) is 4.50. The van der Waals surface area contributed by atoms with E-state index in [1.54, 1.807) is 6.07 Å². The molecule has 3 heteroatoms. The van der Waals surface area contributed by atoms with Crippen LogP contribution in [-0.2, 0) is 7.05 Å². The number of hydrogen-bond acceptors (Lipinski definition) is 1. The lowest BCUT2D eigenvalue weighted by Gasteiger charge is -1.97. The first kappa shape index (κ1) is 11.5. The van der Waals surface area contributed by atoms with E-state index in [2.05, 4.69) is 17.2 Å². The van der Waals surface area contributed by atoms with Crippen molar-refractivity contribution in [3.05, 3.63) is 60.7 Å². The molecule has 0 amide bonds. The smallest absolute Gasteiger partial charge is 0.238 e. The van der Waals surface area contributed by atoms with Crippen LogP contribution in [-0.4, -0.2) is 10.2 Å². The van der Waals surface area contributed by atoms with Crippen LogP contribution in [0.25, 0.3) is 22.5 Å². The van der Waals surface area contributed by atoms with Crippen molar-refractivity contribution in [2.45, 2.75) is 0 Å². The highest BCUT2D eigenvalue weighted by molar-refractivity contribution is 5.70. The third-order valence-corrected chi connectivity index (χ3v) is 3.19. The molecule has 0 fully saturated rings. The van der Waals surface area contributed by atoms with Crippen molar-refractivity contribution in [2.24, 2.45) is 7.05 Å². The predicted molar refractivity (Wildman–Crippen MR) is 74.5 cm³/mol. The number of aromatic amines is 1. The van der Waals surface area contributed by atoms with Crippen molar-refractivity contribution in [3.63, 3.8) is 0 Å². The van der Waals surface area contributed by atoms with Crippen LogP contribution in [0.3, 0.4) is 0 Å². The molecule has 0 saturated carbocycles. The minimum atomic E-state index is 0.281. The van der Waals surface area contributed by atoms with Gasteiger partial charge in [-0.2, -0.15) is 5.10 Å². The van der Waals surface area contributed by atoms with E-state index in [0.29, 0.717) is 0 Å². The van der Waals surface area contributed by atoms with Gasteiger partial charge in [-0.05, 0) is 24.3 Å². The highest BCUT2D eigenvalue weighted by Crippen LogP contribution is 2.28. The first-order valence-corrected chi connectivity index (χ1v) is 6.18. The van der Waals surface area contributed by atoms with Gasteiger partial charge in [0.05, 0.1) is 0 Å². The van der Waals surface area contributed by atoms with Crippen LogP contribution >= 0.6 is 0 Å². The van der Waals surface area contributed by atoms with Gasteiger partial charge in [0.15, 0.2) is 7.05 Å². The van der Waals surface area contributed by atoms with Gasteiger partial charge in [0.1, 0.15) is 11.4 Å². The molecular formula is C16H15N2O+. The molecule has 0 aliphatic heterocycles. The standard InChI is InChI=1S/C16H14N2O/c1-18-15(12-7-3-2-4-8-12)11-14(17-18)13-9-5-6-10-16(13)19/h2-11H,1H3,(H,17,19)/p+1. The molecule has 0 aliphatic rings. The van der Waals surface area contributed by atoms with Crippen molar-refractivity contribution in [1.82, 2.24) is 5.10 Å². The zero-order valence-electron chi connectivity index (χ0n) is 10.7. The molecular weight excluding hydrogens is 236 g/mol. The molecule has 3 rings (SSSR count). The van der Waals surface area contributed by atoms with Gasteiger partial charge in [0.25, 0.3) is 0 Å². The van der Waals surface area contributed by atoms with Crippen LogP contribution in [0.2, 0.25) is 0 Å². The Kier molecular flexibility index (Phi) is 2.80. The molecule has 2 aromatic carbocycles. The summed E-state index contributed by atoms with van der Waals surface area (Å²) in [5, 5.41) is 13.2. The Balaban J connectivity index is 2.10. The van der Waals surface area contributed by atoms with Crippen molar-refractivity contribution in [3.8, 4) is 28.3 Å². The average molecular weight is 251 g/mol. The van der Waals surface area contributed by atoms with Crippen LogP contribution < -0.4 is 4.68 Å². The Morgan fingerprint density at radius 2 is 1.63 bits per heavy atom. The van der Waals surface area contributed by atoms with Crippen molar-refractivity contribution >= 4 is 0 Å². The summed E-state index contributed by atoms with van der Waals surface area (Å²) >= 11 is 0. The lowest BCUT2D eigenvalue weighted by Crippen LogP contribution is -2.31. The Morgan fingerprint density at radius 3 is 2.37 bits per heavy atom. The topological polar surface area (TPSA) is 39.9 Å². The van der Waals surface area contributed by atoms with Crippen LogP contribution in [0.1, 0.15) is 0 Å². The van der Waals surface area contributed by atoms with E-state index in [1.807, 2.05) is 54.2 Å². The largest absolute Gasteiger partial charge is 0.507 e. The molecule has 0 saturated heterocycles. The van der Waals surface area contributed by atoms with E-state index in [-0.39, 0.29) is 5.75 Å². The molecule has 0 aliphatic carbocycles. The number of nitrogens with one attached hydrogen (secondary N) is 1. The summed E-state index contributed by atoms with van der Waals surface area (Å²) in [5.41, 5.74) is 3.93. The average Bonchev–Trinajstić information content (AvgIpc) is 2.82. The number of para-hydroxylation sites is 1. The highest BCUT2D eigenvalue weighted by Gasteiger charge is 2.16. The third-order valence-electron chi connectivity index (χ3n) is 3.19. The fourth-order valence-corrected chi connectivity index (χ4v) is 2.23. The molecule has 0 unspecified atom stereocenters. The van der Waals surface area contributed by atoms with Crippen molar-refractivity contribution < 1.29 is 9.79 Å². The van der Waals surface area contributed by atoms with E-state index >= 15 is 0 Å². The number of H-pyrrole nitrogens is 1. The lowest BCUT2D eigenvalue weighted by molar-refractivity contribution is -0.715. The quantitative estimate of drug-likeness (QED) is 0.675. The molecule has 94 valence electrons. The number of aromatic hydroxyl groups is 1. The molecule has 1 heterocycles. The second kappa shape index (κ2) is 4.61. The monoisotopic (exact) mass is 251 g/mol. The fourth-order valence-electron chi connectivity index (χ4n) is 2.23. The summed E-state index contributed by atoms with van der Waals surface area (Å²) in [5.74, 6) is 0.281. The summed E-state index contributed by atoms with van der Waals surface area (Å²) < 4.78 is 1.96. The van der Waals surface area contributed by atoms with Crippen LogP contribution in [0.15, 0.2) is 60.7 Å². The zero-order valence-corrected chi connectivity index (χ0v) is 10.7. The third kappa shape index (κ3) is 2.10. The number of aromatic nitrogens is 2. The zero-order chi connectivity index (χ0) is 13.2. The number of nitrogens with zero attached hydrogens (tertiary/aromatic N) is 1. The van der Waals surface area contributed by atoms with E-state index in [9.17, 15) is 5.11 Å². The SMILES string of the molecule is C[n+]1[nH]c(-c2ccccc2O)cc1-c1ccccc1. The molecule has 19 heavy (non-hydrogen) atoms. The van der Waals surface area contributed by atoms with Crippen molar-refractivity contribution in [2.75, 3.05) is 0 Å². The lowest BCUT2D eigenvalue weighted by atomic mass is 10.1. The molecule has 2 N–H and O–H groups in total. The highest BCUT2D eigenvalue weighted by atomic mass is 16.3. The second-order valence-electron chi connectivity index (χ2n) is 4.50. The maximum Gasteiger partial charge on any atom is 0.238 e. The maximum absolute atomic E-state index is 9.91. The fraction of sp³-hybridized carbons (Fsp3) is 0.0625. The summed E-state index contributed by atoms with van der Waals surface area (Å²) in [4.78, 5) is 0. The van der Waals surface area contributed by atoms with Crippen LogP contribution in [0.4, 0.5) is 0 Å². The molecule has 3 aromatic rings. The van der Waals surface area contributed by atoms with Gasteiger partial charge in [-0.3, -0.25) is 0 Å². The summed E-state index contributed by atoms with van der Waals surface area (Å²) in [6.07, 6.45) is 0. The van der Waals surface area contributed by atoms with Gasteiger partial charge >= 0.3 is 0 Å². The summed E-state index contributed by atoms with van der Waals surface area (Å²) in [7, 11) is 1.96. The van der Waals surface area contributed by atoms with Gasteiger partial charge in [-0.25, -0.2) is 0 Å².